The second-order valence-corrected chi connectivity index (χ2v) is 7.66. The van der Waals surface area contributed by atoms with Crippen LogP contribution in [0, 0.1) is 23.5 Å². The number of benzene rings is 1. The Kier molecular flexibility index (Phi) is 4.27. The van der Waals surface area contributed by atoms with E-state index in [-0.39, 0.29) is 17.6 Å². The van der Waals surface area contributed by atoms with E-state index < -0.39 is 0 Å². The maximum Gasteiger partial charge on any atom is 0.150 e. The van der Waals surface area contributed by atoms with E-state index in [1.165, 1.54) is 12.3 Å². The van der Waals surface area contributed by atoms with Gasteiger partial charge in [0, 0.05) is 25.5 Å². The molecule has 1 unspecified atom stereocenters. The lowest BCUT2D eigenvalue weighted by molar-refractivity contribution is 0.140. The van der Waals surface area contributed by atoms with E-state index in [2.05, 4.69) is 35.8 Å². The van der Waals surface area contributed by atoms with E-state index >= 15 is 4.39 Å². The van der Waals surface area contributed by atoms with Crippen LogP contribution in [0.4, 0.5) is 8.78 Å². The van der Waals surface area contributed by atoms with Gasteiger partial charge in [-0.25, -0.2) is 13.8 Å². The van der Waals surface area contributed by atoms with Gasteiger partial charge < -0.3 is 9.88 Å². The van der Waals surface area contributed by atoms with Crippen LogP contribution in [0.3, 0.4) is 0 Å². The number of piperidine rings is 1. The standard InChI is InChI=1S/C21H23F2N3/c1-12-10-26(3)11-13(2)19(12)16-5-4-14(8-17(16)22)15-6-7-24-21-20(15)18(23)9-25-21/h4-9,12-13,19H,10-11H2,1-3H3,(H,24,25)/t12-,13+,19?. The number of H-pyrrole nitrogens is 1. The van der Waals surface area contributed by atoms with E-state index in [1.807, 2.05) is 12.1 Å². The van der Waals surface area contributed by atoms with Gasteiger partial charge in [-0.15, -0.1) is 0 Å². The molecule has 3 heterocycles. The number of nitrogens with one attached hydrogen (secondary N) is 1. The maximum atomic E-state index is 15.1. The number of aromatic nitrogens is 2. The van der Waals surface area contributed by atoms with Crippen molar-refractivity contribution in [1.82, 2.24) is 14.9 Å². The van der Waals surface area contributed by atoms with Crippen LogP contribution in [0.25, 0.3) is 22.2 Å². The monoisotopic (exact) mass is 355 g/mol. The first-order valence-electron chi connectivity index (χ1n) is 9.05. The van der Waals surface area contributed by atoms with Crippen molar-refractivity contribution in [1.29, 1.82) is 0 Å². The molecule has 0 saturated carbocycles. The summed E-state index contributed by atoms with van der Waals surface area (Å²) in [5.74, 6) is 0.390. The molecule has 2 aromatic heterocycles. The van der Waals surface area contributed by atoms with E-state index in [0.717, 1.165) is 18.7 Å². The second-order valence-electron chi connectivity index (χ2n) is 7.66. The molecule has 5 heteroatoms. The van der Waals surface area contributed by atoms with E-state index in [0.29, 0.717) is 34.0 Å². The third kappa shape index (κ3) is 2.80. The molecular weight excluding hydrogens is 332 g/mol. The van der Waals surface area contributed by atoms with Gasteiger partial charge in [0.2, 0.25) is 0 Å². The predicted octanol–water partition coefficient (Wildman–Crippen LogP) is 4.81. The highest BCUT2D eigenvalue weighted by Gasteiger charge is 2.33. The number of rotatable bonds is 2. The molecule has 4 rings (SSSR count). The molecule has 1 aliphatic rings. The molecule has 0 spiro atoms. The number of halogens is 2. The number of hydrogen-bond acceptors (Lipinski definition) is 2. The Hall–Kier alpha value is -2.27. The fourth-order valence-corrected chi connectivity index (χ4v) is 4.68. The van der Waals surface area contributed by atoms with Gasteiger partial charge in [-0.2, -0.15) is 0 Å². The van der Waals surface area contributed by atoms with Crippen LogP contribution >= 0.6 is 0 Å². The summed E-state index contributed by atoms with van der Waals surface area (Å²) >= 11 is 0. The van der Waals surface area contributed by atoms with E-state index in [4.69, 9.17) is 0 Å². The lowest BCUT2D eigenvalue weighted by Gasteiger charge is -2.40. The Morgan fingerprint density at radius 2 is 1.81 bits per heavy atom. The average molecular weight is 355 g/mol. The van der Waals surface area contributed by atoms with Crippen molar-refractivity contribution in [2.24, 2.45) is 11.8 Å². The van der Waals surface area contributed by atoms with Crippen LogP contribution in [0.1, 0.15) is 25.3 Å². The van der Waals surface area contributed by atoms with Crippen LogP contribution in [-0.4, -0.2) is 35.0 Å². The van der Waals surface area contributed by atoms with Crippen LogP contribution in [-0.2, 0) is 0 Å². The first-order valence-corrected chi connectivity index (χ1v) is 9.05. The van der Waals surface area contributed by atoms with Crippen LogP contribution in [0.5, 0.6) is 0 Å². The van der Waals surface area contributed by atoms with E-state index in [1.54, 1.807) is 12.3 Å². The molecule has 26 heavy (non-hydrogen) atoms. The third-order valence-electron chi connectivity index (χ3n) is 5.62. The molecule has 1 aliphatic heterocycles. The van der Waals surface area contributed by atoms with Crippen molar-refractivity contribution in [3.63, 3.8) is 0 Å². The highest BCUT2D eigenvalue weighted by atomic mass is 19.1. The third-order valence-corrected chi connectivity index (χ3v) is 5.62. The van der Waals surface area contributed by atoms with Crippen LogP contribution in [0.2, 0.25) is 0 Å². The molecule has 3 atom stereocenters. The van der Waals surface area contributed by atoms with Gasteiger partial charge in [-0.1, -0.05) is 26.0 Å². The molecule has 3 aromatic rings. The SMILES string of the molecule is C[C@@H]1CN(C)C[C@H](C)C1c1ccc(-c2ccnc3[nH]cc(F)c23)cc1F. The summed E-state index contributed by atoms with van der Waals surface area (Å²) in [4.78, 5) is 9.25. The summed E-state index contributed by atoms with van der Waals surface area (Å²) in [6.45, 7) is 6.31. The highest BCUT2D eigenvalue weighted by Crippen LogP contribution is 2.39. The minimum atomic E-state index is -0.370. The van der Waals surface area contributed by atoms with Crippen molar-refractivity contribution in [2.45, 2.75) is 19.8 Å². The summed E-state index contributed by atoms with van der Waals surface area (Å²) in [5.41, 5.74) is 2.57. The van der Waals surface area contributed by atoms with Gasteiger partial charge in [0.05, 0.1) is 5.39 Å². The zero-order valence-corrected chi connectivity index (χ0v) is 15.3. The summed E-state index contributed by atoms with van der Waals surface area (Å²) in [7, 11) is 2.11. The van der Waals surface area contributed by atoms with Crippen molar-refractivity contribution < 1.29 is 8.78 Å². The Morgan fingerprint density at radius 1 is 1.08 bits per heavy atom. The quantitative estimate of drug-likeness (QED) is 0.715. The van der Waals surface area contributed by atoms with Gasteiger partial charge in [-0.05, 0) is 53.6 Å². The number of likely N-dealkylation sites (tertiary alicyclic amines) is 1. The summed E-state index contributed by atoms with van der Waals surface area (Å²) in [6, 6.07) is 7.05. The van der Waals surface area contributed by atoms with Crippen molar-refractivity contribution in [3.05, 3.63) is 53.9 Å². The summed E-state index contributed by atoms with van der Waals surface area (Å²) in [5, 5.41) is 0.403. The first-order chi connectivity index (χ1) is 12.5. The summed E-state index contributed by atoms with van der Waals surface area (Å²) in [6.07, 6.45) is 2.90. The van der Waals surface area contributed by atoms with Gasteiger partial charge in [0.1, 0.15) is 11.5 Å². The molecule has 0 radical (unpaired) electrons. The zero-order valence-electron chi connectivity index (χ0n) is 15.3. The molecule has 3 nitrogen and oxygen atoms in total. The number of nitrogens with zero attached hydrogens (tertiary/aromatic N) is 2. The smallest absolute Gasteiger partial charge is 0.150 e. The molecule has 0 aliphatic carbocycles. The highest BCUT2D eigenvalue weighted by molar-refractivity contribution is 5.93. The van der Waals surface area contributed by atoms with Crippen LogP contribution < -0.4 is 0 Å². The molecule has 1 fully saturated rings. The molecule has 1 aromatic carbocycles. The normalized spacial score (nSPS) is 24.3. The molecular formula is C21H23F2N3. The van der Waals surface area contributed by atoms with E-state index in [9.17, 15) is 4.39 Å². The van der Waals surface area contributed by atoms with Crippen molar-refractivity contribution >= 4 is 11.0 Å². The number of hydrogen-bond donors (Lipinski definition) is 1. The number of aromatic amines is 1. The molecule has 1 saturated heterocycles. The lowest BCUT2D eigenvalue weighted by Crippen LogP contribution is -2.41. The average Bonchev–Trinajstić information content (AvgIpc) is 2.97. The zero-order chi connectivity index (χ0) is 18.4. The van der Waals surface area contributed by atoms with Crippen LogP contribution in [0.15, 0.2) is 36.7 Å². The minimum Gasteiger partial charge on any atom is -0.343 e. The van der Waals surface area contributed by atoms with Gasteiger partial charge >= 0.3 is 0 Å². The fourth-order valence-electron chi connectivity index (χ4n) is 4.68. The molecule has 0 bridgehead atoms. The van der Waals surface area contributed by atoms with Crippen molar-refractivity contribution in [3.8, 4) is 11.1 Å². The first kappa shape index (κ1) is 17.2. The van der Waals surface area contributed by atoms with Crippen molar-refractivity contribution in [2.75, 3.05) is 20.1 Å². The molecule has 136 valence electrons. The topological polar surface area (TPSA) is 31.9 Å². The lowest BCUT2D eigenvalue weighted by atomic mass is 9.75. The molecule has 0 amide bonds. The Labute approximate surface area is 152 Å². The largest absolute Gasteiger partial charge is 0.343 e. The number of fused-ring (bicyclic) bond motifs is 1. The Balaban J connectivity index is 1.76. The maximum absolute atomic E-state index is 15.1. The van der Waals surface area contributed by atoms with Gasteiger partial charge in [-0.3, -0.25) is 0 Å². The Bertz CT molecular complexity index is 938. The molecule has 1 N–H and O–H groups in total. The van der Waals surface area contributed by atoms with Gasteiger partial charge in [0.25, 0.3) is 0 Å². The second kappa shape index (κ2) is 6.47. The van der Waals surface area contributed by atoms with Gasteiger partial charge in [0.15, 0.2) is 5.82 Å². The predicted molar refractivity (Wildman–Crippen MR) is 100 cm³/mol. The minimum absolute atomic E-state index is 0.196. The fraction of sp³-hybridized carbons (Fsp3) is 0.381. The Morgan fingerprint density at radius 3 is 2.50 bits per heavy atom. The number of pyridine rings is 1. The summed E-state index contributed by atoms with van der Waals surface area (Å²) < 4.78 is 29.2.